The second-order valence-electron chi connectivity index (χ2n) is 6.25. The van der Waals surface area contributed by atoms with E-state index < -0.39 is 16.0 Å². The molecule has 1 amide bonds. The van der Waals surface area contributed by atoms with Crippen LogP contribution in [0.3, 0.4) is 0 Å². The van der Waals surface area contributed by atoms with Gasteiger partial charge in [-0.3, -0.25) is 9.35 Å². The van der Waals surface area contributed by atoms with Gasteiger partial charge in [0.2, 0.25) is 5.91 Å². The minimum atomic E-state index is -4.08. The number of aryl methyl sites for hydroxylation is 2. The number of benzene rings is 2. The number of carbonyl (C=O) groups is 1. The maximum Gasteiger partial charge on any atom is 0.304 e. The molecule has 9 heteroatoms. The average Bonchev–Trinajstić information content (AvgIpc) is 3.10. The van der Waals surface area contributed by atoms with E-state index in [4.69, 9.17) is 20.3 Å². The predicted molar refractivity (Wildman–Crippen MR) is 115 cm³/mol. The van der Waals surface area contributed by atoms with Crippen LogP contribution >= 0.6 is 11.3 Å². The van der Waals surface area contributed by atoms with E-state index in [2.05, 4.69) is 6.07 Å². The van der Waals surface area contributed by atoms with Crippen molar-refractivity contribution in [2.45, 2.75) is 18.1 Å². The monoisotopic (exact) mass is 444 g/mol. The van der Waals surface area contributed by atoms with Gasteiger partial charge in [0.05, 0.1) is 18.7 Å². The number of nitriles is 1. The number of amides is 1. The van der Waals surface area contributed by atoms with Crippen molar-refractivity contribution < 1.29 is 22.5 Å². The topological polar surface area (TPSA) is 130 Å². The number of hydrogen-bond acceptors (Lipinski definition) is 6. The third-order valence-corrected chi connectivity index (χ3v) is 6.51. The van der Waals surface area contributed by atoms with Crippen molar-refractivity contribution in [3.05, 3.63) is 70.1 Å². The lowest BCUT2D eigenvalue weighted by molar-refractivity contribution is 0.0999. The molecular formula is C21H20N2O5S2. The molecule has 0 saturated heterocycles. The smallest absolute Gasteiger partial charge is 0.304 e. The normalized spacial score (nSPS) is 10.5. The molecule has 0 aliphatic carbocycles. The van der Waals surface area contributed by atoms with Gasteiger partial charge < -0.3 is 10.5 Å². The van der Waals surface area contributed by atoms with Crippen molar-refractivity contribution >= 4 is 27.4 Å². The second kappa shape index (κ2) is 9.54. The Labute approximate surface area is 179 Å². The SMILES string of the molecule is COc1cc(S(=O)(=O)O)sc1C.Cc1ccc(-c2ccc(C#N)cc2)cc1C(N)=O. The molecule has 3 N–H and O–H groups in total. The van der Waals surface area contributed by atoms with Crippen LogP contribution in [0.15, 0.2) is 52.7 Å². The summed E-state index contributed by atoms with van der Waals surface area (Å²) in [7, 11) is -2.63. The summed E-state index contributed by atoms with van der Waals surface area (Å²) < 4.78 is 34.7. The Balaban J connectivity index is 0.000000232. The molecule has 2 aromatic carbocycles. The summed E-state index contributed by atoms with van der Waals surface area (Å²) in [6.07, 6.45) is 0. The maximum absolute atomic E-state index is 11.3. The zero-order valence-electron chi connectivity index (χ0n) is 16.5. The van der Waals surface area contributed by atoms with E-state index >= 15 is 0 Å². The number of carbonyl (C=O) groups excluding carboxylic acids is 1. The maximum atomic E-state index is 11.3. The molecule has 0 aliphatic heterocycles. The first-order valence-electron chi connectivity index (χ1n) is 8.59. The van der Waals surface area contributed by atoms with Crippen molar-refractivity contribution in [3.8, 4) is 22.9 Å². The van der Waals surface area contributed by atoms with Crippen LogP contribution in [-0.4, -0.2) is 26.0 Å². The third kappa shape index (κ3) is 5.67. The zero-order chi connectivity index (χ0) is 22.5. The number of ether oxygens (including phenoxy) is 1. The van der Waals surface area contributed by atoms with Crippen molar-refractivity contribution in [1.82, 2.24) is 0 Å². The molecule has 156 valence electrons. The average molecular weight is 445 g/mol. The van der Waals surface area contributed by atoms with Gasteiger partial charge in [0.15, 0.2) is 4.21 Å². The summed E-state index contributed by atoms with van der Waals surface area (Å²) in [5.74, 6) is 0.0515. The first-order chi connectivity index (χ1) is 14.1. The summed E-state index contributed by atoms with van der Waals surface area (Å²) in [5, 5.41) is 8.74. The van der Waals surface area contributed by atoms with E-state index in [1.165, 1.54) is 13.2 Å². The Morgan fingerprint density at radius 1 is 1.10 bits per heavy atom. The standard InChI is InChI=1S/C15H12N2O.C6H8O4S2/c1-10-2-5-13(8-14(10)15(17)18)12-6-3-11(9-16)4-7-12;1-4-5(10-2)3-6(11-4)12(7,8)9/h2-8H,1H3,(H2,17,18);3H,1-2H3,(H,7,8,9). The molecule has 0 unspecified atom stereocenters. The number of nitrogens with two attached hydrogens (primary N) is 1. The Morgan fingerprint density at radius 2 is 1.70 bits per heavy atom. The molecule has 0 fully saturated rings. The van der Waals surface area contributed by atoms with Gasteiger partial charge in [0.1, 0.15) is 5.75 Å². The fraction of sp³-hybridized carbons (Fsp3) is 0.143. The summed E-state index contributed by atoms with van der Waals surface area (Å²) in [6, 6.07) is 16.2. The second-order valence-corrected chi connectivity index (χ2v) is 9.15. The van der Waals surface area contributed by atoms with Gasteiger partial charge >= 0.3 is 10.1 Å². The summed E-state index contributed by atoms with van der Waals surface area (Å²) in [5.41, 5.74) is 9.19. The summed E-state index contributed by atoms with van der Waals surface area (Å²) in [6.45, 7) is 3.57. The third-order valence-electron chi connectivity index (χ3n) is 4.17. The molecule has 0 radical (unpaired) electrons. The Bertz CT molecular complexity index is 1210. The van der Waals surface area contributed by atoms with Gasteiger partial charge in [-0.15, -0.1) is 11.3 Å². The Morgan fingerprint density at radius 3 is 2.13 bits per heavy atom. The lowest BCUT2D eigenvalue weighted by Gasteiger charge is -2.06. The van der Waals surface area contributed by atoms with E-state index in [0.29, 0.717) is 16.9 Å². The van der Waals surface area contributed by atoms with Crippen LogP contribution in [0, 0.1) is 25.2 Å². The van der Waals surface area contributed by atoms with Crippen LogP contribution in [0.5, 0.6) is 5.75 Å². The molecule has 0 bridgehead atoms. The highest BCUT2D eigenvalue weighted by molar-refractivity contribution is 7.88. The fourth-order valence-electron chi connectivity index (χ4n) is 2.57. The predicted octanol–water partition coefficient (Wildman–Crippen LogP) is 3.94. The molecule has 1 heterocycles. The number of hydrogen-bond donors (Lipinski definition) is 2. The van der Waals surface area contributed by atoms with Crippen LogP contribution in [0.1, 0.15) is 26.4 Å². The van der Waals surface area contributed by atoms with Crippen LogP contribution in [-0.2, 0) is 10.1 Å². The minimum absolute atomic E-state index is 0.0862. The minimum Gasteiger partial charge on any atom is -0.496 e. The van der Waals surface area contributed by atoms with Crippen molar-refractivity contribution in [2.75, 3.05) is 7.11 Å². The van der Waals surface area contributed by atoms with Crippen LogP contribution < -0.4 is 10.5 Å². The first-order valence-corrected chi connectivity index (χ1v) is 10.9. The number of nitrogens with zero attached hydrogens (tertiary/aromatic N) is 1. The number of primary amides is 1. The lowest BCUT2D eigenvalue weighted by atomic mass is 9.99. The molecule has 30 heavy (non-hydrogen) atoms. The Hall–Kier alpha value is -3.19. The molecular weight excluding hydrogens is 424 g/mol. The van der Waals surface area contributed by atoms with Crippen LogP contribution in [0.2, 0.25) is 0 Å². The molecule has 7 nitrogen and oxygen atoms in total. The number of thiophene rings is 1. The number of rotatable bonds is 4. The first kappa shape index (κ1) is 23.1. The van der Waals surface area contributed by atoms with E-state index in [-0.39, 0.29) is 4.21 Å². The quantitative estimate of drug-likeness (QED) is 0.586. The highest BCUT2D eigenvalue weighted by Gasteiger charge is 2.15. The van der Waals surface area contributed by atoms with Crippen molar-refractivity contribution in [3.63, 3.8) is 0 Å². The molecule has 1 aromatic heterocycles. The van der Waals surface area contributed by atoms with Crippen LogP contribution in [0.25, 0.3) is 11.1 Å². The van der Waals surface area contributed by atoms with Gasteiger partial charge in [0.25, 0.3) is 0 Å². The fourth-order valence-corrected chi connectivity index (χ4v) is 4.34. The Kier molecular flexibility index (Phi) is 7.34. The van der Waals surface area contributed by atoms with Gasteiger partial charge in [0, 0.05) is 16.5 Å². The van der Waals surface area contributed by atoms with E-state index in [0.717, 1.165) is 32.9 Å². The molecule has 0 saturated carbocycles. The van der Waals surface area contributed by atoms with Crippen molar-refractivity contribution in [1.29, 1.82) is 5.26 Å². The highest BCUT2D eigenvalue weighted by Crippen LogP contribution is 2.30. The van der Waals surface area contributed by atoms with Crippen molar-refractivity contribution in [2.24, 2.45) is 5.73 Å². The lowest BCUT2D eigenvalue weighted by Crippen LogP contribution is -2.12. The molecule has 0 atom stereocenters. The molecule has 0 spiro atoms. The van der Waals surface area contributed by atoms with Gasteiger partial charge in [-0.05, 0) is 48.7 Å². The van der Waals surface area contributed by atoms with Gasteiger partial charge in [-0.1, -0.05) is 24.3 Å². The largest absolute Gasteiger partial charge is 0.496 e. The molecule has 0 aliphatic rings. The number of methoxy groups -OCH3 is 1. The summed E-state index contributed by atoms with van der Waals surface area (Å²) >= 11 is 0.983. The summed E-state index contributed by atoms with van der Waals surface area (Å²) in [4.78, 5) is 12.0. The van der Waals surface area contributed by atoms with Gasteiger partial charge in [-0.25, -0.2) is 0 Å². The van der Waals surface area contributed by atoms with E-state index in [9.17, 15) is 13.2 Å². The van der Waals surface area contributed by atoms with E-state index in [1.54, 1.807) is 25.1 Å². The van der Waals surface area contributed by atoms with Crippen LogP contribution in [0.4, 0.5) is 0 Å². The molecule has 3 aromatic rings. The molecule has 3 rings (SSSR count). The highest BCUT2D eigenvalue weighted by atomic mass is 32.3. The van der Waals surface area contributed by atoms with Gasteiger partial charge in [-0.2, -0.15) is 13.7 Å². The zero-order valence-corrected chi connectivity index (χ0v) is 18.2. The van der Waals surface area contributed by atoms with E-state index in [1.807, 2.05) is 31.2 Å².